The van der Waals surface area contributed by atoms with Crippen LogP contribution in [0.25, 0.3) is 0 Å². The lowest BCUT2D eigenvalue weighted by Gasteiger charge is -2.23. The van der Waals surface area contributed by atoms with E-state index in [-0.39, 0.29) is 19.3 Å². The zero-order chi connectivity index (χ0) is 7.61. The third-order valence-electron chi connectivity index (χ3n) is 1.73. The zero-order valence-electron chi connectivity index (χ0n) is 6.04. The Bertz CT molecular complexity index is 120. The molecule has 2 atom stereocenters. The summed E-state index contributed by atoms with van der Waals surface area (Å²) in [6, 6.07) is -0.313. The Kier molecular flexibility index (Phi) is 2.25. The maximum absolute atomic E-state index is 9.58. The Balaban J connectivity index is 2.48. The molecule has 0 aromatic rings. The van der Waals surface area contributed by atoms with Gasteiger partial charge in [0.25, 0.3) is 0 Å². The van der Waals surface area contributed by atoms with E-state index in [1.807, 2.05) is 0 Å². The number of aliphatic hydroxyl groups is 1. The zero-order valence-corrected chi connectivity index (χ0v) is 6.04. The highest BCUT2D eigenvalue weighted by molar-refractivity contribution is 4.93. The van der Waals surface area contributed by atoms with E-state index in [1.165, 1.54) is 7.11 Å². The minimum Gasteiger partial charge on any atom is -0.383 e. The molecule has 0 saturated carbocycles. The lowest BCUT2D eigenvalue weighted by molar-refractivity contribution is -0.0420. The molecule has 1 aliphatic heterocycles. The van der Waals surface area contributed by atoms with Crippen molar-refractivity contribution >= 4 is 0 Å². The predicted octanol–water partition coefficient (Wildman–Crippen LogP) is -1.28. The SMILES string of the molecule is COCC1(O)COCC1N. The molecule has 1 aliphatic rings. The van der Waals surface area contributed by atoms with Crippen LogP contribution in [0, 0.1) is 0 Å². The first-order valence-corrected chi connectivity index (χ1v) is 3.24. The largest absolute Gasteiger partial charge is 0.383 e. The molecular weight excluding hydrogens is 134 g/mol. The summed E-state index contributed by atoms with van der Waals surface area (Å²) in [5, 5.41) is 9.58. The highest BCUT2D eigenvalue weighted by Gasteiger charge is 2.40. The minimum atomic E-state index is -0.964. The summed E-state index contributed by atoms with van der Waals surface area (Å²) in [7, 11) is 1.53. The van der Waals surface area contributed by atoms with Crippen molar-refractivity contribution in [1.29, 1.82) is 0 Å². The van der Waals surface area contributed by atoms with Crippen LogP contribution in [-0.2, 0) is 9.47 Å². The van der Waals surface area contributed by atoms with Gasteiger partial charge in [-0.3, -0.25) is 0 Å². The lowest BCUT2D eigenvalue weighted by atomic mass is 10.0. The molecule has 0 aromatic heterocycles. The van der Waals surface area contributed by atoms with Crippen LogP contribution < -0.4 is 5.73 Å². The van der Waals surface area contributed by atoms with Crippen LogP contribution in [-0.4, -0.2) is 43.7 Å². The molecule has 1 rings (SSSR count). The molecule has 0 spiro atoms. The second kappa shape index (κ2) is 2.84. The Morgan fingerprint density at radius 3 is 3.00 bits per heavy atom. The quantitative estimate of drug-likeness (QED) is 0.510. The van der Waals surface area contributed by atoms with Gasteiger partial charge >= 0.3 is 0 Å². The number of methoxy groups -OCH3 is 1. The molecule has 3 N–H and O–H groups in total. The Morgan fingerprint density at radius 2 is 2.60 bits per heavy atom. The van der Waals surface area contributed by atoms with Gasteiger partial charge in [0.2, 0.25) is 0 Å². The number of rotatable bonds is 2. The molecule has 1 fully saturated rings. The van der Waals surface area contributed by atoms with Crippen molar-refractivity contribution < 1.29 is 14.6 Å². The third kappa shape index (κ3) is 1.29. The molecule has 0 aromatic carbocycles. The summed E-state index contributed by atoms with van der Waals surface area (Å²) in [5.41, 5.74) is 4.58. The van der Waals surface area contributed by atoms with Crippen molar-refractivity contribution in [1.82, 2.24) is 0 Å². The van der Waals surface area contributed by atoms with E-state index in [1.54, 1.807) is 0 Å². The molecule has 1 saturated heterocycles. The van der Waals surface area contributed by atoms with Gasteiger partial charge in [-0.05, 0) is 0 Å². The monoisotopic (exact) mass is 147 g/mol. The second-order valence-electron chi connectivity index (χ2n) is 2.66. The maximum Gasteiger partial charge on any atom is 0.128 e. The molecule has 4 nitrogen and oxygen atoms in total. The van der Waals surface area contributed by atoms with Crippen LogP contribution >= 0.6 is 0 Å². The van der Waals surface area contributed by atoms with Gasteiger partial charge < -0.3 is 20.3 Å². The summed E-state index contributed by atoms with van der Waals surface area (Å²) in [4.78, 5) is 0. The first-order chi connectivity index (χ1) is 4.69. The molecular formula is C6H13NO3. The minimum absolute atomic E-state index is 0.244. The lowest BCUT2D eigenvalue weighted by Crippen LogP contribution is -2.50. The highest BCUT2D eigenvalue weighted by Crippen LogP contribution is 2.16. The average Bonchev–Trinajstić information content (AvgIpc) is 2.15. The van der Waals surface area contributed by atoms with E-state index in [4.69, 9.17) is 15.2 Å². The van der Waals surface area contributed by atoms with Gasteiger partial charge in [0, 0.05) is 7.11 Å². The molecule has 0 bridgehead atoms. The summed E-state index contributed by atoms with van der Waals surface area (Å²) in [6.07, 6.45) is 0. The smallest absolute Gasteiger partial charge is 0.128 e. The van der Waals surface area contributed by atoms with Crippen LogP contribution in [0.3, 0.4) is 0 Å². The summed E-state index contributed by atoms with van der Waals surface area (Å²) < 4.78 is 9.76. The van der Waals surface area contributed by atoms with E-state index >= 15 is 0 Å². The summed E-state index contributed by atoms with van der Waals surface area (Å²) in [6.45, 7) is 0.941. The first-order valence-electron chi connectivity index (χ1n) is 3.24. The van der Waals surface area contributed by atoms with Crippen molar-refractivity contribution in [3.8, 4) is 0 Å². The number of ether oxygens (including phenoxy) is 2. The van der Waals surface area contributed by atoms with E-state index in [9.17, 15) is 5.11 Å². The Labute approximate surface area is 59.9 Å². The van der Waals surface area contributed by atoms with E-state index in [0.717, 1.165) is 0 Å². The highest BCUT2D eigenvalue weighted by atomic mass is 16.5. The van der Waals surface area contributed by atoms with Gasteiger partial charge in [0.05, 0.1) is 25.9 Å². The predicted molar refractivity (Wildman–Crippen MR) is 35.6 cm³/mol. The van der Waals surface area contributed by atoms with Gasteiger partial charge in [-0.15, -0.1) is 0 Å². The first kappa shape index (κ1) is 7.94. The molecule has 0 amide bonds. The van der Waals surface area contributed by atoms with Crippen LogP contribution in [0.2, 0.25) is 0 Å². The van der Waals surface area contributed by atoms with Gasteiger partial charge in [0.1, 0.15) is 5.60 Å². The molecule has 0 radical (unpaired) electrons. The standard InChI is InChI=1S/C6H13NO3/c1-9-3-6(8)4-10-2-5(6)7/h5,8H,2-4,7H2,1H3. The van der Waals surface area contributed by atoms with Crippen molar-refractivity contribution in [2.24, 2.45) is 5.73 Å². The van der Waals surface area contributed by atoms with Crippen LogP contribution in [0.1, 0.15) is 0 Å². The van der Waals surface area contributed by atoms with Crippen molar-refractivity contribution in [3.05, 3.63) is 0 Å². The van der Waals surface area contributed by atoms with Gasteiger partial charge in [-0.2, -0.15) is 0 Å². The molecule has 60 valence electrons. The fraction of sp³-hybridized carbons (Fsp3) is 1.00. The number of nitrogens with two attached hydrogens (primary N) is 1. The topological polar surface area (TPSA) is 64.7 Å². The van der Waals surface area contributed by atoms with Gasteiger partial charge in [-0.25, -0.2) is 0 Å². The normalized spacial score (nSPS) is 40.5. The van der Waals surface area contributed by atoms with Crippen molar-refractivity contribution in [2.75, 3.05) is 26.9 Å². The van der Waals surface area contributed by atoms with E-state index in [0.29, 0.717) is 6.61 Å². The fourth-order valence-electron chi connectivity index (χ4n) is 1.02. The molecule has 10 heavy (non-hydrogen) atoms. The Morgan fingerprint density at radius 1 is 1.90 bits per heavy atom. The van der Waals surface area contributed by atoms with Gasteiger partial charge in [0.15, 0.2) is 0 Å². The van der Waals surface area contributed by atoms with E-state index in [2.05, 4.69) is 0 Å². The molecule has 0 aliphatic carbocycles. The summed E-state index contributed by atoms with van der Waals surface area (Å²) in [5.74, 6) is 0. The molecule has 2 unspecified atom stereocenters. The second-order valence-corrected chi connectivity index (χ2v) is 2.66. The van der Waals surface area contributed by atoms with Crippen LogP contribution in [0.4, 0.5) is 0 Å². The van der Waals surface area contributed by atoms with Crippen LogP contribution in [0.15, 0.2) is 0 Å². The summed E-state index contributed by atoms with van der Waals surface area (Å²) >= 11 is 0. The van der Waals surface area contributed by atoms with Gasteiger partial charge in [-0.1, -0.05) is 0 Å². The Hall–Kier alpha value is -0.160. The number of hydrogen-bond acceptors (Lipinski definition) is 4. The van der Waals surface area contributed by atoms with Crippen molar-refractivity contribution in [3.63, 3.8) is 0 Å². The third-order valence-corrected chi connectivity index (χ3v) is 1.73. The van der Waals surface area contributed by atoms with Crippen LogP contribution in [0.5, 0.6) is 0 Å². The molecule has 1 heterocycles. The maximum atomic E-state index is 9.58. The average molecular weight is 147 g/mol. The van der Waals surface area contributed by atoms with Crippen molar-refractivity contribution in [2.45, 2.75) is 11.6 Å². The van der Waals surface area contributed by atoms with E-state index < -0.39 is 5.60 Å². The fourth-order valence-corrected chi connectivity index (χ4v) is 1.02. The number of hydrogen-bond donors (Lipinski definition) is 2. The molecule has 4 heteroatoms.